The van der Waals surface area contributed by atoms with Crippen molar-refractivity contribution in [3.05, 3.63) is 23.7 Å². The van der Waals surface area contributed by atoms with Crippen LogP contribution in [0.2, 0.25) is 0 Å². The van der Waals surface area contributed by atoms with Crippen molar-refractivity contribution in [1.29, 1.82) is 0 Å². The second kappa shape index (κ2) is 4.06. The van der Waals surface area contributed by atoms with Crippen LogP contribution in [-0.2, 0) is 9.47 Å². The monoisotopic (exact) mass is 154 g/mol. The van der Waals surface area contributed by atoms with Gasteiger partial charge in [0.1, 0.15) is 5.76 Å². The lowest BCUT2D eigenvalue weighted by Gasteiger charge is -2.04. The minimum absolute atomic E-state index is 0.761. The Morgan fingerprint density at radius 1 is 1.27 bits per heavy atom. The van der Waals surface area contributed by atoms with Crippen molar-refractivity contribution in [2.24, 2.45) is 0 Å². The SMILES string of the molecule is C/C=C\C1=C(C)OCCCO1. The molecular weight excluding hydrogens is 140 g/mol. The second-order valence-corrected chi connectivity index (χ2v) is 2.47. The van der Waals surface area contributed by atoms with Gasteiger partial charge in [0.15, 0.2) is 5.76 Å². The van der Waals surface area contributed by atoms with Crippen LogP contribution in [0.5, 0.6) is 0 Å². The number of hydrogen-bond donors (Lipinski definition) is 0. The van der Waals surface area contributed by atoms with Crippen LogP contribution in [0, 0.1) is 0 Å². The summed E-state index contributed by atoms with van der Waals surface area (Å²) in [5.41, 5.74) is 0. The molecule has 0 bridgehead atoms. The minimum Gasteiger partial charge on any atom is -0.494 e. The Morgan fingerprint density at radius 2 is 2.00 bits per heavy atom. The molecule has 2 heteroatoms. The highest BCUT2D eigenvalue weighted by Gasteiger charge is 2.05. The molecule has 1 rings (SSSR count). The van der Waals surface area contributed by atoms with Crippen LogP contribution >= 0.6 is 0 Å². The summed E-state index contributed by atoms with van der Waals surface area (Å²) >= 11 is 0. The summed E-state index contributed by atoms with van der Waals surface area (Å²) < 4.78 is 10.8. The lowest BCUT2D eigenvalue weighted by atomic mass is 10.4. The van der Waals surface area contributed by atoms with Crippen LogP contribution in [0.15, 0.2) is 23.7 Å². The Hall–Kier alpha value is -0.920. The van der Waals surface area contributed by atoms with E-state index in [1.54, 1.807) is 0 Å². The molecule has 0 aliphatic carbocycles. The van der Waals surface area contributed by atoms with Gasteiger partial charge in [-0.05, 0) is 19.9 Å². The van der Waals surface area contributed by atoms with Crippen molar-refractivity contribution in [3.8, 4) is 0 Å². The summed E-state index contributed by atoms with van der Waals surface area (Å²) in [6.07, 6.45) is 4.85. The highest BCUT2D eigenvalue weighted by molar-refractivity contribution is 5.14. The van der Waals surface area contributed by atoms with E-state index in [4.69, 9.17) is 9.47 Å². The van der Waals surface area contributed by atoms with Crippen LogP contribution in [0.4, 0.5) is 0 Å². The summed E-state index contributed by atoms with van der Waals surface area (Å²) in [7, 11) is 0. The van der Waals surface area contributed by atoms with Crippen molar-refractivity contribution < 1.29 is 9.47 Å². The van der Waals surface area contributed by atoms with Gasteiger partial charge < -0.3 is 9.47 Å². The van der Waals surface area contributed by atoms with E-state index in [9.17, 15) is 0 Å². The molecule has 0 saturated heterocycles. The fraction of sp³-hybridized carbons (Fsp3) is 0.556. The second-order valence-electron chi connectivity index (χ2n) is 2.47. The topological polar surface area (TPSA) is 18.5 Å². The smallest absolute Gasteiger partial charge is 0.156 e. The molecule has 2 nitrogen and oxygen atoms in total. The number of allylic oxidation sites excluding steroid dienone is 3. The van der Waals surface area contributed by atoms with Crippen LogP contribution in [-0.4, -0.2) is 13.2 Å². The van der Waals surface area contributed by atoms with Gasteiger partial charge in [0.2, 0.25) is 0 Å². The predicted octanol–water partition coefficient (Wildman–Crippen LogP) is 2.23. The maximum Gasteiger partial charge on any atom is 0.156 e. The summed E-state index contributed by atoms with van der Waals surface area (Å²) in [6.45, 7) is 5.43. The molecule has 0 spiro atoms. The van der Waals surface area contributed by atoms with Gasteiger partial charge in [-0.25, -0.2) is 0 Å². The molecule has 0 radical (unpaired) electrons. The normalized spacial score (nSPS) is 19.5. The standard InChI is InChI=1S/C9H14O2/c1-3-5-9-8(2)10-6-4-7-11-9/h3,5H,4,6-7H2,1-2H3/b5-3-. The molecule has 1 aliphatic rings. The van der Waals surface area contributed by atoms with E-state index in [0.717, 1.165) is 31.2 Å². The molecule has 0 amide bonds. The zero-order valence-corrected chi connectivity index (χ0v) is 7.09. The summed E-state index contributed by atoms with van der Waals surface area (Å²) in [5.74, 6) is 1.76. The van der Waals surface area contributed by atoms with Crippen molar-refractivity contribution in [2.45, 2.75) is 20.3 Å². The first kappa shape index (κ1) is 8.18. The van der Waals surface area contributed by atoms with E-state index in [1.807, 2.05) is 26.0 Å². The molecule has 11 heavy (non-hydrogen) atoms. The Balaban J connectivity index is 2.67. The van der Waals surface area contributed by atoms with E-state index < -0.39 is 0 Å². The summed E-state index contributed by atoms with van der Waals surface area (Å²) in [6, 6.07) is 0. The van der Waals surface area contributed by atoms with E-state index in [1.165, 1.54) is 0 Å². The minimum atomic E-state index is 0.761. The van der Waals surface area contributed by atoms with Gasteiger partial charge in [0.25, 0.3) is 0 Å². The first-order valence-electron chi connectivity index (χ1n) is 3.93. The van der Waals surface area contributed by atoms with Gasteiger partial charge in [-0.1, -0.05) is 6.08 Å². The quantitative estimate of drug-likeness (QED) is 0.576. The lowest BCUT2D eigenvalue weighted by molar-refractivity contribution is 0.210. The van der Waals surface area contributed by atoms with Gasteiger partial charge >= 0.3 is 0 Å². The molecule has 0 atom stereocenters. The van der Waals surface area contributed by atoms with Crippen LogP contribution in [0.3, 0.4) is 0 Å². The molecule has 0 saturated carbocycles. The third-order valence-corrected chi connectivity index (χ3v) is 1.53. The molecule has 0 aromatic carbocycles. The molecule has 0 aromatic rings. The zero-order valence-electron chi connectivity index (χ0n) is 7.09. The third kappa shape index (κ3) is 2.30. The molecule has 62 valence electrons. The van der Waals surface area contributed by atoms with E-state index >= 15 is 0 Å². The van der Waals surface area contributed by atoms with Gasteiger partial charge in [0, 0.05) is 6.42 Å². The van der Waals surface area contributed by atoms with Crippen molar-refractivity contribution >= 4 is 0 Å². The molecule has 0 N–H and O–H groups in total. The van der Waals surface area contributed by atoms with Crippen molar-refractivity contribution in [3.63, 3.8) is 0 Å². The Labute approximate surface area is 67.5 Å². The van der Waals surface area contributed by atoms with Gasteiger partial charge in [-0.15, -0.1) is 0 Å². The maximum absolute atomic E-state index is 5.42. The van der Waals surface area contributed by atoms with Gasteiger partial charge in [-0.3, -0.25) is 0 Å². The lowest BCUT2D eigenvalue weighted by Crippen LogP contribution is -1.91. The maximum atomic E-state index is 5.42. The average molecular weight is 154 g/mol. The molecule has 0 aromatic heterocycles. The molecule has 0 unspecified atom stereocenters. The fourth-order valence-corrected chi connectivity index (χ4v) is 0.956. The highest BCUT2D eigenvalue weighted by atomic mass is 16.5. The Morgan fingerprint density at radius 3 is 2.73 bits per heavy atom. The Bertz CT molecular complexity index is 180. The molecule has 1 aliphatic heterocycles. The fourth-order valence-electron chi connectivity index (χ4n) is 0.956. The first-order chi connectivity index (χ1) is 5.34. The highest BCUT2D eigenvalue weighted by Crippen LogP contribution is 2.13. The number of ether oxygens (including phenoxy) is 2. The Kier molecular flexibility index (Phi) is 3.02. The van der Waals surface area contributed by atoms with Crippen LogP contribution in [0.1, 0.15) is 20.3 Å². The first-order valence-corrected chi connectivity index (χ1v) is 3.93. The summed E-state index contributed by atoms with van der Waals surface area (Å²) in [5, 5.41) is 0. The molecular formula is C9H14O2. The van der Waals surface area contributed by atoms with Gasteiger partial charge in [0.05, 0.1) is 13.2 Å². The number of hydrogen-bond acceptors (Lipinski definition) is 2. The van der Waals surface area contributed by atoms with Crippen molar-refractivity contribution in [2.75, 3.05) is 13.2 Å². The predicted molar refractivity (Wildman–Crippen MR) is 44.0 cm³/mol. The van der Waals surface area contributed by atoms with Crippen molar-refractivity contribution in [1.82, 2.24) is 0 Å². The van der Waals surface area contributed by atoms with E-state index in [2.05, 4.69) is 0 Å². The van der Waals surface area contributed by atoms with Crippen LogP contribution in [0.25, 0.3) is 0 Å². The zero-order chi connectivity index (χ0) is 8.10. The molecule has 0 fully saturated rings. The summed E-state index contributed by atoms with van der Waals surface area (Å²) in [4.78, 5) is 0. The average Bonchev–Trinajstić information content (AvgIpc) is 2.18. The molecule has 1 heterocycles. The van der Waals surface area contributed by atoms with Crippen LogP contribution < -0.4 is 0 Å². The van der Waals surface area contributed by atoms with Gasteiger partial charge in [-0.2, -0.15) is 0 Å². The number of rotatable bonds is 1. The van der Waals surface area contributed by atoms with E-state index in [0.29, 0.717) is 0 Å². The largest absolute Gasteiger partial charge is 0.494 e. The van der Waals surface area contributed by atoms with E-state index in [-0.39, 0.29) is 0 Å². The third-order valence-electron chi connectivity index (χ3n) is 1.53.